The number of aromatic hydroxyl groups is 1. The van der Waals surface area contributed by atoms with Crippen LogP contribution in [0, 0.1) is 18.3 Å². The first kappa shape index (κ1) is 26.4. The van der Waals surface area contributed by atoms with Gasteiger partial charge in [0.05, 0.1) is 16.9 Å². The molecule has 0 aliphatic heterocycles. The summed E-state index contributed by atoms with van der Waals surface area (Å²) < 4.78 is 2.89. The quantitative estimate of drug-likeness (QED) is 0.160. The first-order chi connectivity index (χ1) is 18.5. The summed E-state index contributed by atoms with van der Waals surface area (Å²) in [5.74, 6) is -0.897. The summed E-state index contributed by atoms with van der Waals surface area (Å²) in [5, 5.41) is 25.3. The fourth-order valence-electron chi connectivity index (χ4n) is 4.44. The maximum absolute atomic E-state index is 13.4. The van der Waals surface area contributed by atoms with Gasteiger partial charge in [0.1, 0.15) is 11.6 Å². The second-order valence-electron chi connectivity index (χ2n) is 9.10. The Bertz CT molecular complexity index is 1560. The van der Waals surface area contributed by atoms with E-state index < -0.39 is 17.2 Å². The molecule has 0 saturated carbocycles. The van der Waals surface area contributed by atoms with Gasteiger partial charge in [-0.15, -0.1) is 0 Å². The molecule has 38 heavy (non-hydrogen) atoms. The molecule has 4 rings (SSSR count). The number of aromatic nitrogens is 3. The van der Waals surface area contributed by atoms with Crippen molar-refractivity contribution >= 4 is 11.9 Å². The molecule has 0 saturated heterocycles. The zero-order chi connectivity index (χ0) is 27.1. The zero-order valence-corrected chi connectivity index (χ0v) is 21.6. The van der Waals surface area contributed by atoms with Crippen molar-refractivity contribution in [3.8, 4) is 28.9 Å². The summed E-state index contributed by atoms with van der Waals surface area (Å²) >= 11 is 0. The van der Waals surface area contributed by atoms with Gasteiger partial charge < -0.3 is 5.11 Å². The van der Waals surface area contributed by atoms with Crippen LogP contribution in [0.5, 0.6) is 5.88 Å². The fourth-order valence-corrected chi connectivity index (χ4v) is 4.44. The molecule has 2 heterocycles. The Hall–Kier alpha value is -4.70. The van der Waals surface area contributed by atoms with Crippen molar-refractivity contribution in [2.45, 2.75) is 46.1 Å². The second-order valence-corrected chi connectivity index (χ2v) is 9.10. The van der Waals surface area contributed by atoms with Crippen LogP contribution in [-0.4, -0.2) is 25.2 Å². The number of carbonyl (C=O) groups is 1. The lowest BCUT2D eigenvalue weighted by atomic mass is 10.0. The molecule has 4 aromatic rings. The molecule has 7 nitrogen and oxygen atoms in total. The number of allylic oxidation sites excluding steroid dienone is 1. The Kier molecular flexibility index (Phi) is 8.34. The van der Waals surface area contributed by atoms with E-state index in [0.29, 0.717) is 17.7 Å². The molecule has 0 spiro atoms. The van der Waals surface area contributed by atoms with Crippen molar-refractivity contribution in [2.24, 2.45) is 0 Å². The van der Waals surface area contributed by atoms with E-state index in [1.807, 2.05) is 72.9 Å². The lowest BCUT2D eigenvalue weighted by molar-refractivity contribution is 0.104. The fraction of sp³-hybridized carbons (Fsp3) is 0.226. The minimum atomic E-state index is -0.574. The van der Waals surface area contributed by atoms with Crippen LogP contribution in [0.25, 0.3) is 23.0 Å². The summed E-state index contributed by atoms with van der Waals surface area (Å²) in [7, 11) is 0. The van der Waals surface area contributed by atoms with E-state index in [0.717, 1.165) is 35.1 Å². The van der Waals surface area contributed by atoms with Gasteiger partial charge in [0, 0.05) is 23.9 Å². The maximum Gasteiger partial charge on any atom is 0.271 e. The van der Waals surface area contributed by atoms with Crippen molar-refractivity contribution in [3.05, 3.63) is 106 Å². The van der Waals surface area contributed by atoms with Gasteiger partial charge in [-0.05, 0) is 43.2 Å². The molecule has 0 radical (unpaired) electrons. The Morgan fingerprint density at radius 1 is 1.05 bits per heavy atom. The Morgan fingerprint density at radius 2 is 1.74 bits per heavy atom. The number of nitrogens with zero attached hydrogens (tertiary/aromatic N) is 4. The Morgan fingerprint density at radius 3 is 2.39 bits per heavy atom. The second kappa shape index (κ2) is 12.0. The molecule has 0 aliphatic rings. The molecule has 0 aliphatic carbocycles. The lowest BCUT2D eigenvalue weighted by Gasteiger charge is -2.14. The van der Waals surface area contributed by atoms with E-state index in [2.05, 4.69) is 6.92 Å². The van der Waals surface area contributed by atoms with Crippen LogP contribution < -0.4 is 5.56 Å². The van der Waals surface area contributed by atoms with E-state index in [9.17, 15) is 20.0 Å². The average Bonchev–Trinajstić information content (AvgIpc) is 3.37. The average molecular weight is 507 g/mol. The number of unbranched alkanes of at least 4 members (excludes halogenated alkanes) is 3. The molecule has 0 amide bonds. The van der Waals surface area contributed by atoms with Gasteiger partial charge >= 0.3 is 0 Å². The molecule has 1 N–H and O–H groups in total. The SMILES string of the molecule is CCCCCCn1c(O)c(C(=O)/C=C/c2cn(-c3ccccc3)nc2-c2ccccc2)c(C)c(C#N)c1=O. The number of carbonyl (C=O) groups excluding carboxylic acids is 1. The van der Waals surface area contributed by atoms with Crippen LogP contribution in [0.2, 0.25) is 0 Å². The van der Waals surface area contributed by atoms with Gasteiger partial charge in [-0.1, -0.05) is 74.7 Å². The number of nitriles is 1. The molecular weight excluding hydrogens is 476 g/mol. The molecule has 0 unspecified atom stereocenters. The van der Waals surface area contributed by atoms with Gasteiger partial charge in [0.25, 0.3) is 5.56 Å². The molecule has 2 aromatic carbocycles. The van der Waals surface area contributed by atoms with Gasteiger partial charge in [0.15, 0.2) is 5.78 Å². The highest BCUT2D eigenvalue weighted by molar-refractivity contribution is 6.09. The third-order valence-electron chi connectivity index (χ3n) is 6.51. The smallest absolute Gasteiger partial charge is 0.271 e. The number of hydrogen-bond donors (Lipinski definition) is 1. The van der Waals surface area contributed by atoms with Crippen LogP contribution in [0.1, 0.15) is 59.7 Å². The van der Waals surface area contributed by atoms with Gasteiger partial charge in [-0.2, -0.15) is 10.4 Å². The van der Waals surface area contributed by atoms with E-state index >= 15 is 0 Å². The number of pyridine rings is 1. The van der Waals surface area contributed by atoms with Crippen molar-refractivity contribution < 1.29 is 9.90 Å². The molecule has 0 bridgehead atoms. The van der Waals surface area contributed by atoms with E-state index in [1.54, 1.807) is 10.8 Å². The monoisotopic (exact) mass is 506 g/mol. The number of ketones is 1. The molecule has 7 heteroatoms. The normalized spacial score (nSPS) is 11.1. The lowest BCUT2D eigenvalue weighted by Crippen LogP contribution is -2.26. The highest BCUT2D eigenvalue weighted by Gasteiger charge is 2.23. The van der Waals surface area contributed by atoms with Crippen molar-refractivity contribution in [1.82, 2.24) is 14.3 Å². The van der Waals surface area contributed by atoms with E-state index in [1.165, 1.54) is 13.0 Å². The highest BCUT2D eigenvalue weighted by Crippen LogP contribution is 2.27. The Labute approximate surface area is 221 Å². The van der Waals surface area contributed by atoms with Crippen LogP contribution in [0.4, 0.5) is 0 Å². The third-order valence-corrected chi connectivity index (χ3v) is 6.51. The largest absolute Gasteiger partial charge is 0.494 e. The molecule has 0 fully saturated rings. The highest BCUT2D eigenvalue weighted by atomic mass is 16.3. The molecule has 2 aromatic heterocycles. The summed E-state index contributed by atoms with van der Waals surface area (Å²) in [4.78, 5) is 26.2. The zero-order valence-electron chi connectivity index (χ0n) is 21.6. The van der Waals surface area contributed by atoms with Crippen LogP contribution >= 0.6 is 0 Å². The number of benzene rings is 2. The molecule has 0 atom stereocenters. The Balaban J connectivity index is 1.74. The molecular formula is C31H30N4O3. The summed E-state index contributed by atoms with van der Waals surface area (Å²) in [6.45, 7) is 3.84. The van der Waals surface area contributed by atoms with Gasteiger partial charge in [0.2, 0.25) is 5.88 Å². The number of para-hydroxylation sites is 1. The maximum atomic E-state index is 13.4. The number of rotatable bonds is 10. The van der Waals surface area contributed by atoms with Crippen molar-refractivity contribution in [2.75, 3.05) is 0 Å². The van der Waals surface area contributed by atoms with Gasteiger partial charge in [-0.25, -0.2) is 4.68 Å². The van der Waals surface area contributed by atoms with Crippen molar-refractivity contribution in [1.29, 1.82) is 5.26 Å². The molecule has 192 valence electrons. The summed E-state index contributed by atoms with van der Waals surface area (Å²) in [6, 6.07) is 21.2. The number of hydrogen-bond acceptors (Lipinski definition) is 5. The van der Waals surface area contributed by atoms with Crippen LogP contribution in [-0.2, 0) is 6.54 Å². The predicted octanol–water partition coefficient (Wildman–Crippen LogP) is 6.06. The third kappa shape index (κ3) is 5.50. The van der Waals surface area contributed by atoms with Crippen LogP contribution in [0.3, 0.4) is 0 Å². The van der Waals surface area contributed by atoms with E-state index in [4.69, 9.17) is 5.10 Å². The predicted molar refractivity (Wildman–Crippen MR) is 148 cm³/mol. The van der Waals surface area contributed by atoms with Crippen LogP contribution in [0.15, 0.2) is 77.7 Å². The summed E-state index contributed by atoms with van der Waals surface area (Å²) in [5.41, 5.74) is 2.60. The minimum Gasteiger partial charge on any atom is -0.494 e. The summed E-state index contributed by atoms with van der Waals surface area (Å²) in [6.07, 6.45) is 8.42. The van der Waals surface area contributed by atoms with E-state index in [-0.39, 0.29) is 23.2 Å². The standard InChI is InChI=1S/C31H30N4O3/c1-3-4-5-12-19-34-30(37)26(20-32)22(2)28(31(34)38)27(36)18-17-24-21-35(25-15-10-7-11-16-25)33-29(24)23-13-8-6-9-14-23/h6-11,13-18,21,38H,3-5,12,19H2,1-2H3/b18-17+. The first-order valence-electron chi connectivity index (χ1n) is 12.8. The first-order valence-corrected chi connectivity index (χ1v) is 12.8. The van der Waals surface area contributed by atoms with Gasteiger partial charge in [-0.3, -0.25) is 14.2 Å². The topological polar surface area (TPSA) is 101 Å². The minimum absolute atomic E-state index is 0.0374. The van der Waals surface area contributed by atoms with Crippen molar-refractivity contribution in [3.63, 3.8) is 0 Å².